The summed E-state index contributed by atoms with van der Waals surface area (Å²) in [5.41, 5.74) is 6.05. The molecule has 0 unspecified atom stereocenters. The zero-order valence-corrected chi connectivity index (χ0v) is 13.6. The molecule has 0 aliphatic rings. The van der Waals surface area contributed by atoms with Gasteiger partial charge >= 0.3 is 0 Å². The fourth-order valence-corrected chi connectivity index (χ4v) is 2.91. The van der Waals surface area contributed by atoms with Crippen LogP contribution in [0.4, 0.5) is 0 Å². The van der Waals surface area contributed by atoms with E-state index in [1.807, 2.05) is 65.3 Å². The normalized spacial score (nSPS) is 11.1. The summed E-state index contributed by atoms with van der Waals surface area (Å²) in [6, 6.07) is 21.8. The van der Waals surface area contributed by atoms with Crippen LogP contribution in [0.25, 0.3) is 27.9 Å². The number of benzene rings is 2. The van der Waals surface area contributed by atoms with Crippen LogP contribution < -0.4 is 0 Å². The highest BCUT2D eigenvalue weighted by molar-refractivity contribution is 6.30. The van der Waals surface area contributed by atoms with Gasteiger partial charge in [-0.1, -0.05) is 41.9 Å². The van der Waals surface area contributed by atoms with E-state index in [0.29, 0.717) is 5.02 Å². The number of aliphatic hydroxyl groups excluding tert-OH is 1. The second-order valence-corrected chi connectivity index (χ2v) is 6.12. The second kappa shape index (κ2) is 6.11. The number of rotatable bonds is 3. The van der Waals surface area contributed by atoms with E-state index in [2.05, 4.69) is 17.2 Å². The van der Waals surface area contributed by atoms with Crippen molar-refractivity contribution >= 4 is 17.1 Å². The van der Waals surface area contributed by atoms with Gasteiger partial charge in [0.25, 0.3) is 0 Å². The monoisotopic (exact) mass is 334 g/mol. The van der Waals surface area contributed by atoms with Crippen molar-refractivity contribution in [2.24, 2.45) is 0 Å². The van der Waals surface area contributed by atoms with Gasteiger partial charge in [-0.3, -0.25) is 0 Å². The summed E-state index contributed by atoms with van der Waals surface area (Å²) in [6.07, 6.45) is 1.95. The molecule has 0 saturated heterocycles. The van der Waals surface area contributed by atoms with E-state index in [1.54, 1.807) is 0 Å². The highest BCUT2D eigenvalue weighted by Crippen LogP contribution is 2.26. The minimum Gasteiger partial charge on any atom is -0.392 e. The Morgan fingerprint density at radius 1 is 0.875 bits per heavy atom. The molecule has 0 aliphatic carbocycles. The van der Waals surface area contributed by atoms with Crippen LogP contribution in [-0.2, 0) is 6.61 Å². The number of pyridine rings is 1. The predicted molar refractivity (Wildman–Crippen MR) is 97.0 cm³/mol. The first-order valence-corrected chi connectivity index (χ1v) is 8.06. The van der Waals surface area contributed by atoms with E-state index in [9.17, 15) is 5.11 Å². The predicted octanol–water partition coefficient (Wildman–Crippen LogP) is 4.81. The van der Waals surface area contributed by atoms with Gasteiger partial charge in [-0.25, -0.2) is 4.52 Å². The zero-order valence-electron chi connectivity index (χ0n) is 12.9. The lowest BCUT2D eigenvalue weighted by Gasteiger charge is -2.04. The standard InChI is InChI=1S/C20H15ClN2O/c21-18-6-4-15(5-7-18)20-12-19-11-17(8-9-23(19)22-20)16-3-1-2-14(10-16)13-24/h1-12,24H,13H2. The van der Waals surface area contributed by atoms with E-state index in [0.717, 1.165) is 33.5 Å². The summed E-state index contributed by atoms with van der Waals surface area (Å²) in [4.78, 5) is 0. The first-order chi connectivity index (χ1) is 11.7. The number of hydrogen-bond donors (Lipinski definition) is 1. The molecular formula is C20H15ClN2O. The molecule has 0 aliphatic heterocycles. The molecule has 0 fully saturated rings. The van der Waals surface area contributed by atoms with Crippen LogP contribution in [0.2, 0.25) is 5.02 Å². The molecule has 0 radical (unpaired) electrons. The molecule has 1 N–H and O–H groups in total. The Morgan fingerprint density at radius 3 is 2.46 bits per heavy atom. The minimum absolute atomic E-state index is 0.0451. The molecule has 0 bridgehead atoms. The molecule has 4 heteroatoms. The molecule has 0 atom stereocenters. The Bertz CT molecular complexity index is 1010. The smallest absolute Gasteiger partial charge is 0.0933 e. The number of fused-ring (bicyclic) bond motifs is 1. The van der Waals surface area contributed by atoms with Crippen LogP contribution in [0.1, 0.15) is 5.56 Å². The van der Waals surface area contributed by atoms with Gasteiger partial charge in [0.05, 0.1) is 17.8 Å². The van der Waals surface area contributed by atoms with Crippen molar-refractivity contribution < 1.29 is 5.11 Å². The Kier molecular flexibility index (Phi) is 3.81. The van der Waals surface area contributed by atoms with E-state index in [4.69, 9.17) is 11.6 Å². The van der Waals surface area contributed by atoms with E-state index >= 15 is 0 Å². The van der Waals surface area contributed by atoms with Crippen LogP contribution in [0.5, 0.6) is 0 Å². The van der Waals surface area contributed by atoms with Crippen molar-refractivity contribution in [3.8, 4) is 22.4 Å². The first-order valence-electron chi connectivity index (χ1n) is 7.68. The Balaban J connectivity index is 1.76. The lowest BCUT2D eigenvalue weighted by molar-refractivity contribution is 0.282. The molecule has 2 aromatic carbocycles. The molecule has 118 valence electrons. The summed E-state index contributed by atoms with van der Waals surface area (Å²) in [5, 5.41) is 14.6. The zero-order chi connectivity index (χ0) is 16.5. The topological polar surface area (TPSA) is 37.5 Å². The maximum absolute atomic E-state index is 9.31. The van der Waals surface area contributed by atoms with Gasteiger partial charge in [-0.15, -0.1) is 0 Å². The molecule has 0 saturated carbocycles. The number of hydrogen-bond acceptors (Lipinski definition) is 2. The van der Waals surface area contributed by atoms with Crippen LogP contribution in [0, 0.1) is 0 Å². The third-order valence-electron chi connectivity index (χ3n) is 4.05. The van der Waals surface area contributed by atoms with Gasteiger partial charge in [-0.2, -0.15) is 5.10 Å². The summed E-state index contributed by atoms with van der Waals surface area (Å²) >= 11 is 5.95. The second-order valence-electron chi connectivity index (χ2n) is 5.68. The Labute approximate surface area is 144 Å². The highest BCUT2D eigenvalue weighted by atomic mass is 35.5. The lowest BCUT2D eigenvalue weighted by atomic mass is 10.0. The maximum atomic E-state index is 9.31. The van der Waals surface area contributed by atoms with Crippen LogP contribution >= 0.6 is 11.6 Å². The molecule has 4 rings (SSSR count). The molecule has 0 spiro atoms. The van der Waals surface area contributed by atoms with Crippen molar-refractivity contribution in [3.63, 3.8) is 0 Å². The minimum atomic E-state index is 0.0451. The first kappa shape index (κ1) is 14.9. The van der Waals surface area contributed by atoms with Crippen LogP contribution in [-0.4, -0.2) is 14.7 Å². The molecule has 24 heavy (non-hydrogen) atoms. The van der Waals surface area contributed by atoms with Crippen LogP contribution in [0.3, 0.4) is 0 Å². The average Bonchev–Trinajstić information content (AvgIpc) is 3.05. The van der Waals surface area contributed by atoms with E-state index in [-0.39, 0.29) is 6.61 Å². The fraction of sp³-hybridized carbons (Fsp3) is 0.0500. The summed E-state index contributed by atoms with van der Waals surface area (Å²) in [5.74, 6) is 0. The third kappa shape index (κ3) is 2.80. The molecule has 2 heterocycles. The number of halogens is 1. The van der Waals surface area contributed by atoms with Crippen molar-refractivity contribution in [1.82, 2.24) is 9.61 Å². The van der Waals surface area contributed by atoms with Gasteiger partial charge in [0.1, 0.15) is 0 Å². The fourth-order valence-electron chi connectivity index (χ4n) is 2.78. The van der Waals surface area contributed by atoms with Gasteiger partial charge in [0.15, 0.2) is 0 Å². The van der Waals surface area contributed by atoms with Crippen molar-refractivity contribution in [2.75, 3.05) is 0 Å². The summed E-state index contributed by atoms with van der Waals surface area (Å²) in [7, 11) is 0. The molecule has 2 aromatic heterocycles. The highest BCUT2D eigenvalue weighted by Gasteiger charge is 2.06. The van der Waals surface area contributed by atoms with Gasteiger partial charge in [0.2, 0.25) is 0 Å². The number of nitrogens with zero attached hydrogens (tertiary/aromatic N) is 2. The van der Waals surface area contributed by atoms with Gasteiger partial charge in [0, 0.05) is 16.8 Å². The van der Waals surface area contributed by atoms with E-state index in [1.165, 1.54) is 0 Å². The van der Waals surface area contributed by atoms with Gasteiger partial charge < -0.3 is 5.11 Å². The van der Waals surface area contributed by atoms with Crippen molar-refractivity contribution in [2.45, 2.75) is 6.61 Å². The SMILES string of the molecule is OCc1cccc(-c2ccn3nc(-c4ccc(Cl)cc4)cc3c2)c1. The summed E-state index contributed by atoms with van der Waals surface area (Å²) < 4.78 is 1.86. The van der Waals surface area contributed by atoms with Gasteiger partial charge in [-0.05, 0) is 53.1 Å². The Hall–Kier alpha value is -2.62. The van der Waals surface area contributed by atoms with Crippen molar-refractivity contribution in [1.29, 1.82) is 0 Å². The van der Waals surface area contributed by atoms with Crippen LogP contribution in [0.15, 0.2) is 72.9 Å². The molecular weight excluding hydrogens is 320 g/mol. The Morgan fingerprint density at radius 2 is 1.67 bits per heavy atom. The largest absolute Gasteiger partial charge is 0.392 e. The van der Waals surface area contributed by atoms with E-state index < -0.39 is 0 Å². The molecule has 4 aromatic rings. The van der Waals surface area contributed by atoms with Crippen molar-refractivity contribution in [3.05, 3.63) is 83.5 Å². The molecule has 3 nitrogen and oxygen atoms in total. The quantitative estimate of drug-likeness (QED) is 0.583. The third-order valence-corrected chi connectivity index (χ3v) is 4.30. The lowest BCUT2D eigenvalue weighted by Crippen LogP contribution is -1.89. The average molecular weight is 335 g/mol. The number of aromatic nitrogens is 2. The number of aliphatic hydroxyl groups is 1. The summed E-state index contributed by atoms with van der Waals surface area (Å²) in [6.45, 7) is 0.0451. The maximum Gasteiger partial charge on any atom is 0.0933 e. The molecule has 0 amide bonds.